The Balaban J connectivity index is 1.44. The van der Waals surface area contributed by atoms with Crippen LogP contribution in [0.5, 0.6) is 0 Å². The Labute approximate surface area is 165 Å². The number of carbonyl (C=O) groups is 2. The maximum Gasteiger partial charge on any atom is 0.270 e. The van der Waals surface area contributed by atoms with Crippen molar-refractivity contribution < 1.29 is 18.4 Å². The molecule has 1 unspecified atom stereocenters. The van der Waals surface area contributed by atoms with Gasteiger partial charge in [0.05, 0.1) is 0 Å². The molecule has 0 radical (unpaired) electrons. The van der Waals surface area contributed by atoms with Crippen LogP contribution in [0, 0.1) is 17.8 Å². The van der Waals surface area contributed by atoms with E-state index in [4.69, 9.17) is 0 Å². The van der Waals surface area contributed by atoms with Crippen molar-refractivity contribution in [1.82, 2.24) is 4.90 Å². The molecule has 0 aromatic heterocycles. The lowest BCUT2D eigenvalue weighted by Gasteiger charge is -2.27. The third kappa shape index (κ3) is 4.59. The maximum absolute atomic E-state index is 13.4. The molecule has 3 rings (SSSR count). The molecule has 1 aliphatic carbocycles. The molecule has 2 aliphatic rings. The molecule has 1 saturated heterocycles. The number of benzene rings is 1. The van der Waals surface area contributed by atoms with Crippen LogP contribution in [0.4, 0.5) is 14.5 Å². The van der Waals surface area contributed by atoms with Crippen LogP contribution in [0.2, 0.25) is 0 Å². The quantitative estimate of drug-likeness (QED) is 0.675. The Bertz CT molecular complexity index is 715. The van der Waals surface area contributed by atoms with E-state index in [0.717, 1.165) is 32.9 Å². The Morgan fingerprint density at radius 1 is 1.18 bits per heavy atom. The summed E-state index contributed by atoms with van der Waals surface area (Å²) in [5, 5.41) is 2.62. The van der Waals surface area contributed by atoms with E-state index < -0.39 is 5.92 Å². The van der Waals surface area contributed by atoms with E-state index in [1.54, 1.807) is 6.07 Å². The number of carbonyl (C=O) groups excluding carboxylic acids is 2. The zero-order chi connectivity index (χ0) is 20.5. The zero-order valence-corrected chi connectivity index (χ0v) is 16.9. The van der Waals surface area contributed by atoms with Gasteiger partial charge in [0.1, 0.15) is 5.78 Å². The fourth-order valence-electron chi connectivity index (χ4n) is 4.64. The number of hydrogen-bond acceptors (Lipinski definition) is 3. The van der Waals surface area contributed by atoms with Gasteiger partial charge in [0.25, 0.3) is 5.92 Å². The number of Topliss-reactive ketones (excluding diaryl/α,β-unsaturated/α-hetero) is 1. The lowest BCUT2D eigenvalue weighted by Crippen LogP contribution is -2.35. The highest BCUT2D eigenvalue weighted by molar-refractivity contribution is 5.94. The van der Waals surface area contributed by atoms with Crippen LogP contribution in [0.1, 0.15) is 52.0 Å². The molecule has 1 heterocycles. The third-order valence-corrected chi connectivity index (χ3v) is 6.30. The lowest BCUT2D eigenvalue weighted by atomic mass is 10.1. The number of nitrogens with one attached hydrogen (secondary N) is 1. The molecule has 4 nitrogen and oxygen atoms in total. The van der Waals surface area contributed by atoms with Crippen LogP contribution in [0.3, 0.4) is 0 Å². The summed E-state index contributed by atoms with van der Waals surface area (Å²) in [6, 6.07) is 6.28. The minimum absolute atomic E-state index is 0.0950. The Hall–Kier alpha value is -1.82. The fraction of sp³-hybridized carbons (Fsp3) is 0.636. The van der Waals surface area contributed by atoms with Gasteiger partial charge in [-0.1, -0.05) is 26.0 Å². The molecule has 0 spiro atoms. The maximum atomic E-state index is 13.4. The van der Waals surface area contributed by atoms with E-state index in [2.05, 4.69) is 24.1 Å². The van der Waals surface area contributed by atoms with E-state index in [1.807, 2.05) is 0 Å². The van der Waals surface area contributed by atoms with E-state index in [9.17, 15) is 18.4 Å². The normalized spacial score (nSPS) is 24.3. The van der Waals surface area contributed by atoms with Crippen LogP contribution in [-0.4, -0.2) is 35.7 Å². The van der Waals surface area contributed by atoms with Gasteiger partial charge in [0.15, 0.2) is 0 Å². The first kappa shape index (κ1) is 20.9. The van der Waals surface area contributed by atoms with Crippen molar-refractivity contribution >= 4 is 17.4 Å². The first-order valence-electron chi connectivity index (χ1n) is 10.3. The number of nitrogens with zero attached hydrogens (tertiary/aromatic N) is 1. The summed E-state index contributed by atoms with van der Waals surface area (Å²) in [5.41, 5.74) is 0.190. The van der Waals surface area contributed by atoms with Gasteiger partial charge in [0.2, 0.25) is 5.91 Å². The lowest BCUT2D eigenvalue weighted by molar-refractivity contribution is -0.124. The van der Waals surface area contributed by atoms with Gasteiger partial charge in [-0.15, -0.1) is 0 Å². The Morgan fingerprint density at radius 3 is 2.39 bits per heavy atom. The van der Waals surface area contributed by atoms with E-state index in [0.29, 0.717) is 23.6 Å². The summed E-state index contributed by atoms with van der Waals surface area (Å²) in [6.45, 7) is 7.23. The minimum Gasteiger partial charge on any atom is -0.326 e. The summed E-state index contributed by atoms with van der Waals surface area (Å²) in [4.78, 5) is 27.1. The largest absolute Gasteiger partial charge is 0.326 e. The SMILES string of the molecule is CCC(CC)N1C[C@@H]2C(C(=O)CCC(=O)Nc3cccc(C(C)(F)F)c3)[C@@H]2C1. The number of alkyl halides is 2. The van der Waals surface area contributed by atoms with Gasteiger partial charge in [-0.3, -0.25) is 14.5 Å². The topological polar surface area (TPSA) is 49.4 Å². The highest BCUT2D eigenvalue weighted by Gasteiger charge is 2.59. The second-order valence-electron chi connectivity index (χ2n) is 8.26. The summed E-state index contributed by atoms with van der Waals surface area (Å²) in [5.74, 6) is -2.07. The molecular formula is C22H30F2N2O2. The number of halogens is 2. The van der Waals surface area contributed by atoms with Crippen molar-refractivity contribution in [2.75, 3.05) is 18.4 Å². The molecule has 0 bridgehead atoms. The zero-order valence-electron chi connectivity index (χ0n) is 16.9. The van der Waals surface area contributed by atoms with Crippen LogP contribution in [0.25, 0.3) is 0 Å². The highest BCUT2D eigenvalue weighted by atomic mass is 19.3. The summed E-state index contributed by atoms with van der Waals surface area (Å²) >= 11 is 0. The van der Waals surface area contributed by atoms with Crippen LogP contribution >= 0.6 is 0 Å². The van der Waals surface area contributed by atoms with E-state index in [-0.39, 0.29) is 36.0 Å². The molecule has 1 saturated carbocycles. The number of fused-ring (bicyclic) bond motifs is 1. The molecule has 1 aromatic rings. The van der Waals surface area contributed by atoms with Crippen molar-refractivity contribution in [1.29, 1.82) is 0 Å². The van der Waals surface area contributed by atoms with Gasteiger partial charge < -0.3 is 5.32 Å². The summed E-state index contributed by atoms with van der Waals surface area (Å²) in [6.07, 6.45) is 2.59. The van der Waals surface area contributed by atoms with Crippen molar-refractivity contribution in [2.24, 2.45) is 17.8 Å². The average Bonchev–Trinajstić information content (AvgIpc) is 3.15. The highest BCUT2D eigenvalue weighted by Crippen LogP contribution is 2.53. The smallest absolute Gasteiger partial charge is 0.270 e. The predicted octanol–water partition coefficient (Wildman–Crippen LogP) is 4.45. The van der Waals surface area contributed by atoms with Crippen LogP contribution in [-0.2, 0) is 15.5 Å². The number of piperidine rings is 1. The van der Waals surface area contributed by atoms with Gasteiger partial charge in [0, 0.05) is 56.1 Å². The first-order chi connectivity index (χ1) is 13.2. The second kappa shape index (κ2) is 8.27. The molecule has 1 N–H and O–H groups in total. The van der Waals surface area contributed by atoms with E-state index >= 15 is 0 Å². The summed E-state index contributed by atoms with van der Waals surface area (Å²) in [7, 11) is 0. The standard InChI is InChI=1S/C22H30F2N2O2/c1-4-16(5-2)26-12-17-18(13-26)21(17)19(27)9-10-20(28)25-15-8-6-7-14(11-15)22(3,23)24/h6-8,11,16-18,21H,4-5,9-10,12-13H2,1-3H3,(H,25,28)/t17-,18+,21?. The number of likely N-dealkylation sites (tertiary alicyclic amines) is 1. The third-order valence-electron chi connectivity index (χ3n) is 6.30. The van der Waals surface area contributed by atoms with Crippen LogP contribution in [0.15, 0.2) is 24.3 Å². The molecule has 1 amide bonds. The summed E-state index contributed by atoms with van der Waals surface area (Å²) < 4.78 is 26.8. The van der Waals surface area contributed by atoms with Crippen molar-refractivity contribution in [2.45, 2.75) is 58.4 Å². The van der Waals surface area contributed by atoms with Gasteiger partial charge in [-0.2, -0.15) is 0 Å². The molecule has 28 heavy (non-hydrogen) atoms. The molecule has 3 atom stereocenters. The average molecular weight is 392 g/mol. The molecule has 1 aromatic carbocycles. The fourth-order valence-corrected chi connectivity index (χ4v) is 4.64. The number of ketones is 1. The van der Waals surface area contributed by atoms with Gasteiger partial charge in [-0.05, 0) is 36.8 Å². The monoisotopic (exact) mass is 392 g/mol. The number of amides is 1. The molecule has 1 aliphatic heterocycles. The van der Waals surface area contributed by atoms with Gasteiger partial charge in [-0.25, -0.2) is 8.78 Å². The number of hydrogen-bond donors (Lipinski definition) is 1. The minimum atomic E-state index is -2.96. The van der Waals surface area contributed by atoms with Crippen molar-refractivity contribution in [3.05, 3.63) is 29.8 Å². The van der Waals surface area contributed by atoms with Gasteiger partial charge >= 0.3 is 0 Å². The van der Waals surface area contributed by atoms with Crippen LogP contribution < -0.4 is 5.32 Å². The number of anilines is 1. The molecule has 154 valence electrons. The Kier molecular flexibility index (Phi) is 6.18. The predicted molar refractivity (Wildman–Crippen MR) is 105 cm³/mol. The number of rotatable bonds is 9. The Morgan fingerprint density at radius 2 is 1.82 bits per heavy atom. The van der Waals surface area contributed by atoms with Crippen molar-refractivity contribution in [3.63, 3.8) is 0 Å². The second-order valence-corrected chi connectivity index (χ2v) is 8.26. The molecule has 6 heteroatoms. The molecule has 2 fully saturated rings. The first-order valence-corrected chi connectivity index (χ1v) is 10.3. The van der Waals surface area contributed by atoms with E-state index in [1.165, 1.54) is 18.2 Å². The molecular weight excluding hydrogens is 362 g/mol. The van der Waals surface area contributed by atoms with Crippen molar-refractivity contribution in [3.8, 4) is 0 Å².